The van der Waals surface area contributed by atoms with Crippen LogP contribution in [0.4, 0.5) is 0 Å². The van der Waals surface area contributed by atoms with Crippen LogP contribution in [0.5, 0.6) is 0 Å². The molecule has 0 aromatic rings. The van der Waals surface area contributed by atoms with Crippen LogP contribution < -0.4 is 0 Å². The van der Waals surface area contributed by atoms with E-state index in [-0.39, 0.29) is 0 Å². The lowest BCUT2D eigenvalue weighted by Crippen LogP contribution is -2.37. The van der Waals surface area contributed by atoms with Crippen LogP contribution in [0.2, 0.25) is 0 Å². The maximum Gasteiger partial charge on any atom is 0.214 e. The Morgan fingerprint density at radius 2 is 1.70 bits per heavy atom. The molecule has 0 radical (unpaired) electrons. The molecule has 1 aliphatic rings. The van der Waals surface area contributed by atoms with Gasteiger partial charge >= 0.3 is 0 Å². The van der Waals surface area contributed by atoms with E-state index in [0.29, 0.717) is 11.7 Å². The van der Waals surface area contributed by atoms with Crippen LogP contribution in [0.3, 0.4) is 0 Å². The normalized spacial score (nSPS) is 19.4. The molecule has 1 atom stereocenters. The number of nitrogens with zero attached hydrogens (tertiary/aromatic N) is 2. The van der Waals surface area contributed by atoms with E-state index in [4.69, 9.17) is 0 Å². The number of unbranched alkanes of at least 4 members (excludes halogenated alkanes) is 1. The lowest BCUT2D eigenvalue weighted by Gasteiger charge is -2.26. The first-order chi connectivity index (χ1) is 9.42. The van der Waals surface area contributed by atoms with Crippen molar-refractivity contribution in [2.75, 3.05) is 39.5 Å². The molecule has 1 saturated heterocycles. The third-order valence-electron chi connectivity index (χ3n) is 4.13. The van der Waals surface area contributed by atoms with Gasteiger partial charge in [0, 0.05) is 13.1 Å². The average molecular weight is 305 g/mol. The molecule has 0 aromatic heterocycles. The van der Waals surface area contributed by atoms with Gasteiger partial charge in [0.2, 0.25) is 10.0 Å². The van der Waals surface area contributed by atoms with Gasteiger partial charge in [0.1, 0.15) is 0 Å². The van der Waals surface area contributed by atoms with Gasteiger partial charge in [-0.3, -0.25) is 0 Å². The minimum atomic E-state index is -3.00. The summed E-state index contributed by atoms with van der Waals surface area (Å²) in [6, 6.07) is 0. The Morgan fingerprint density at radius 3 is 2.30 bits per heavy atom. The Bertz CT molecular complexity index is 349. The largest absolute Gasteiger partial charge is 0.309 e. The lowest BCUT2D eigenvalue weighted by atomic mass is 10.0. The average Bonchev–Trinajstić information content (AvgIpc) is 2.42. The summed E-state index contributed by atoms with van der Waals surface area (Å²) in [5.41, 5.74) is 0. The van der Waals surface area contributed by atoms with Gasteiger partial charge in [-0.2, -0.15) is 0 Å². The van der Waals surface area contributed by atoms with E-state index in [2.05, 4.69) is 25.9 Å². The molecule has 1 fully saturated rings. The van der Waals surface area contributed by atoms with E-state index in [1.165, 1.54) is 19.3 Å². The molecular weight excluding hydrogens is 272 g/mol. The zero-order valence-electron chi connectivity index (χ0n) is 13.5. The van der Waals surface area contributed by atoms with Gasteiger partial charge < -0.3 is 4.90 Å². The van der Waals surface area contributed by atoms with E-state index in [1.807, 2.05) is 0 Å². The van der Waals surface area contributed by atoms with Crippen LogP contribution in [0.25, 0.3) is 0 Å². The fourth-order valence-corrected chi connectivity index (χ4v) is 4.46. The predicted octanol–water partition coefficient (Wildman–Crippen LogP) is 2.56. The SMILES string of the molecule is CC(CCCCN(C)C)CCS(=O)(=O)N1CCCCC1. The second-order valence-electron chi connectivity index (χ2n) is 6.47. The summed E-state index contributed by atoms with van der Waals surface area (Å²) in [6.07, 6.45) is 7.58. The fourth-order valence-electron chi connectivity index (χ4n) is 2.69. The van der Waals surface area contributed by atoms with Gasteiger partial charge in [0.05, 0.1) is 5.75 Å². The monoisotopic (exact) mass is 304 g/mol. The zero-order chi connectivity index (χ0) is 15.0. The molecular formula is C15H32N2O2S. The lowest BCUT2D eigenvalue weighted by molar-refractivity contribution is 0.343. The fraction of sp³-hybridized carbons (Fsp3) is 1.00. The molecule has 4 nitrogen and oxygen atoms in total. The standard InChI is InChI=1S/C15H32N2O2S/c1-15(9-5-8-11-16(2)3)10-14-20(18,19)17-12-6-4-7-13-17/h15H,4-14H2,1-3H3. The highest BCUT2D eigenvalue weighted by Gasteiger charge is 2.23. The van der Waals surface area contributed by atoms with Gasteiger partial charge in [-0.15, -0.1) is 0 Å². The third-order valence-corrected chi connectivity index (χ3v) is 6.03. The van der Waals surface area contributed by atoms with E-state index in [9.17, 15) is 8.42 Å². The van der Waals surface area contributed by atoms with Crippen molar-refractivity contribution in [1.82, 2.24) is 9.21 Å². The molecule has 0 N–H and O–H groups in total. The minimum Gasteiger partial charge on any atom is -0.309 e. The molecule has 0 saturated carbocycles. The van der Waals surface area contributed by atoms with E-state index in [1.54, 1.807) is 4.31 Å². The Kier molecular flexibility index (Phi) is 8.07. The van der Waals surface area contributed by atoms with E-state index < -0.39 is 10.0 Å². The maximum absolute atomic E-state index is 12.2. The number of piperidine rings is 1. The first-order valence-electron chi connectivity index (χ1n) is 8.04. The summed E-state index contributed by atoms with van der Waals surface area (Å²) < 4.78 is 26.2. The van der Waals surface area contributed by atoms with Crippen LogP contribution in [0, 0.1) is 5.92 Å². The van der Waals surface area contributed by atoms with Crippen molar-refractivity contribution in [1.29, 1.82) is 0 Å². The van der Waals surface area contributed by atoms with Gasteiger partial charge in [0.15, 0.2) is 0 Å². The van der Waals surface area contributed by atoms with Gasteiger partial charge in [-0.25, -0.2) is 12.7 Å². The summed E-state index contributed by atoms with van der Waals surface area (Å²) in [7, 11) is 1.19. The number of hydrogen-bond acceptors (Lipinski definition) is 3. The Hall–Kier alpha value is -0.130. The molecule has 1 heterocycles. The quantitative estimate of drug-likeness (QED) is 0.615. The first kappa shape index (κ1) is 17.9. The van der Waals surface area contributed by atoms with Gasteiger partial charge in [0.25, 0.3) is 0 Å². The van der Waals surface area contributed by atoms with Crippen LogP contribution in [-0.4, -0.2) is 57.1 Å². The summed E-state index contributed by atoms with van der Waals surface area (Å²) in [6.45, 7) is 4.78. The molecule has 5 heteroatoms. The molecule has 0 amide bonds. The van der Waals surface area contributed by atoms with E-state index >= 15 is 0 Å². The predicted molar refractivity (Wildman–Crippen MR) is 85.4 cm³/mol. The second kappa shape index (κ2) is 9.00. The van der Waals surface area contributed by atoms with Crippen molar-refractivity contribution in [3.63, 3.8) is 0 Å². The smallest absolute Gasteiger partial charge is 0.214 e. The topological polar surface area (TPSA) is 40.6 Å². The van der Waals surface area contributed by atoms with Crippen LogP contribution in [-0.2, 0) is 10.0 Å². The van der Waals surface area contributed by atoms with E-state index in [0.717, 1.165) is 45.3 Å². The van der Waals surface area contributed by atoms with Crippen LogP contribution in [0.1, 0.15) is 51.9 Å². The summed E-state index contributed by atoms with van der Waals surface area (Å²) in [4.78, 5) is 2.20. The highest BCUT2D eigenvalue weighted by molar-refractivity contribution is 7.89. The third kappa shape index (κ3) is 7.04. The first-order valence-corrected chi connectivity index (χ1v) is 9.65. The van der Waals surface area contributed by atoms with Crippen LogP contribution >= 0.6 is 0 Å². The maximum atomic E-state index is 12.2. The Balaban J connectivity index is 2.20. The zero-order valence-corrected chi connectivity index (χ0v) is 14.3. The number of rotatable bonds is 9. The van der Waals surface area contributed by atoms with Crippen molar-refractivity contribution < 1.29 is 8.42 Å². The second-order valence-corrected chi connectivity index (χ2v) is 8.56. The van der Waals surface area contributed by atoms with Crippen molar-refractivity contribution in [3.05, 3.63) is 0 Å². The molecule has 0 aromatic carbocycles. The van der Waals surface area contributed by atoms with Gasteiger partial charge in [-0.1, -0.05) is 26.2 Å². The highest BCUT2D eigenvalue weighted by atomic mass is 32.2. The molecule has 20 heavy (non-hydrogen) atoms. The molecule has 0 aliphatic carbocycles. The van der Waals surface area contributed by atoms with Crippen molar-refractivity contribution in [3.8, 4) is 0 Å². The summed E-state index contributed by atoms with van der Waals surface area (Å²) in [5, 5.41) is 0. The number of hydrogen-bond donors (Lipinski definition) is 0. The molecule has 120 valence electrons. The Labute approximate surface area is 125 Å². The summed E-state index contributed by atoms with van der Waals surface area (Å²) >= 11 is 0. The molecule has 1 aliphatic heterocycles. The van der Waals surface area contributed by atoms with Crippen molar-refractivity contribution in [2.24, 2.45) is 5.92 Å². The van der Waals surface area contributed by atoms with Crippen molar-refractivity contribution in [2.45, 2.75) is 51.9 Å². The molecule has 0 bridgehead atoms. The molecule has 0 spiro atoms. The van der Waals surface area contributed by atoms with Crippen LogP contribution in [0.15, 0.2) is 0 Å². The molecule has 1 rings (SSSR count). The minimum absolute atomic E-state index is 0.335. The number of sulfonamides is 1. The summed E-state index contributed by atoms with van der Waals surface area (Å²) in [5.74, 6) is 0.846. The van der Waals surface area contributed by atoms with Gasteiger partial charge in [-0.05, 0) is 52.2 Å². The molecule has 1 unspecified atom stereocenters. The Morgan fingerprint density at radius 1 is 1.05 bits per heavy atom. The highest BCUT2D eigenvalue weighted by Crippen LogP contribution is 2.18. The van der Waals surface area contributed by atoms with Crippen molar-refractivity contribution >= 4 is 10.0 Å².